The Kier molecular flexibility index (Phi) is 5.86. The van der Waals surface area contributed by atoms with Gasteiger partial charge in [0.1, 0.15) is 11.4 Å². The molecule has 0 radical (unpaired) electrons. The molecule has 1 saturated heterocycles. The van der Waals surface area contributed by atoms with E-state index in [2.05, 4.69) is 29.3 Å². The molecule has 1 aliphatic heterocycles. The molecule has 7 heteroatoms. The van der Waals surface area contributed by atoms with Gasteiger partial charge in [-0.1, -0.05) is 0 Å². The van der Waals surface area contributed by atoms with Crippen LogP contribution in [0.5, 0.6) is 5.75 Å². The van der Waals surface area contributed by atoms with E-state index in [0.29, 0.717) is 11.7 Å². The van der Waals surface area contributed by atoms with Gasteiger partial charge in [-0.2, -0.15) is 0 Å². The van der Waals surface area contributed by atoms with Crippen molar-refractivity contribution in [2.75, 3.05) is 25.1 Å². The molecular weight excluding hydrogens is 406 g/mol. The predicted octanol–water partition coefficient (Wildman–Crippen LogP) is 4.39. The molecule has 2 aromatic rings. The first-order chi connectivity index (χ1) is 15.1. The third-order valence-corrected chi connectivity index (χ3v) is 6.55. The second-order valence-corrected chi connectivity index (χ2v) is 10.2. The van der Waals surface area contributed by atoms with Crippen molar-refractivity contribution >= 4 is 22.7 Å². The summed E-state index contributed by atoms with van der Waals surface area (Å²) in [6.07, 6.45) is 2.71. The predicted molar refractivity (Wildman–Crippen MR) is 127 cm³/mol. The number of fused-ring (bicyclic) bond motifs is 1. The third-order valence-electron chi connectivity index (χ3n) is 6.55. The smallest absolute Gasteiger partial charge is 0.407 e. The minimum Gasteiger partial charge on any atom is -0.496 e. The zero-order chi connectivity index (χ0) is 23.2. The zero-order valence-electron chi connectivity index (χ0n) is 20.0. The molecule has 4 rings (SSSR count). The Balaban J connectivity index is 1.58. The number of nitrogens with zero attached hydrogens (tertiary/aromatic N) is 2. The van der Waals surface area contributed by atoms with Crippen LogP contribution in [-0.4, -0.2) is 42.5 Å². The number of carbonyl (C=O) groups excluding carboxylic acids is 1. The number of carbonyl (C=O) groups is 1. The van der Waals surface area contributed by atoms with Gasteiger partial charge in [0.15, 0.2) is 0 Å². The van der Waals surface area contributed by atoms with E-state index in [1.807, 2.05) is 32.3 Å². The zero-order valence-corrected chi connectivity index (χ0v) is 20.0. The Labute approximate surface area is 189 Å². The Morgan fingerprint density at radius 3 is 2.56 bits per heavy atom. The van der Waals surface area contributed by atoms with E-state index >= 15 is 0 Å². The van der Waals surface area contributed by atoms with Gasteiger partial charge in [-0.25, -0.2) is 4.79 Å². The van der Waals surface area contributed by atoms with E-state index in [9.17, 15) is 9.59 Å². The number of aromatic nitrogens is 1. The molecular formula is C25H35N3O4. The summed E-state index contributed by atoms with van der Waals surface area (Å²) in [5, 5.41) is 3.98. The monoisotopic (exact) mass is 441 g/mol. The fourth-order valence-corrected chi connectivity index (χ4v) is 4.80. The maximum absolute atomic E-state index is 12.8. The number of alkyl carbamates (subject to hydrolysis) is 1. The maximum Gasteiger partial charge on any atom is 0.407 e. The van der Waals surface area contributed by atoms with Crippen LogP contribution in [-0.2, 0) is 4.74 Å². The highest BCUT2D eigenvalue weighted by Crippen LogP contribution is 2.41. The van der Waals surface area contributed by atoms with Crippen LogP contribution in [0.1, 0.15) is 58.6 Å². The minimum absolute atomic E-state index is 0.00609. The van der Waals surface area contributed by atoms with Gasteiger partial charge in [0.05, 0.1) is 12.6 Å². The number of anilines is 1. The van der Waals surface area contributed by atoms with Crippen LogP contribution < -0.4 is 20.5 Å². The summed E-state index contributed by atoms with van der Waals surface area (Å²) >= 11 is 0. The molecule has 2 fully saturated rings. The molecule has 2 aliphatic rings. The summed E-state index contributed by atoms with van der Waals surface area (Å²) in [6, 6.07) is 6.12. The summed E-state index contributed by atoms with van der Waals surface area (Å²) in [4.78, 5) is 27.4. The summed E-state index contributed by atoms with van der Waals surface area (Å²) in [6.45, 7) is 11.5. The van der Waals surface area contributed by atoms with Crippen molar-refractivity contribution in [3.05, 3.63) is 34.1 Å². The Morgan fingerprint density at radius 2 is 1.94 bits per heavy atom. The van der Waals surface area contributed by atoms with Gasteiger partial charge in [0, 0.05) is 42.3 Å². The molecule has 2 heterocycles. The normalized spacial score (nSPS) is 19.8. The highest BCUT2D eigenvalue weighted by atomic mass is 16.6. The number of pyridine rings is 1. The summed E-state index contributed by atoms with van der Waals surface area (Å²) in [5.74, 6) is 0.958. The van der Waals surface area contributed by atoms with Gasteiger partial charge in [-0.05, 0) is 77.5 Å². The number of methoxy groups -OCH3 is 1. The molecule has 1 aromatic heterocycles. The van der Waals surface area contributed by atoms with Gasteiger partial charge >= 0.3 is 6.09 Å². The molecule has 0 unspecified atom stereocenters. The van der Waals surface area contributed by atoms with Crippen LogP contribution in [0.25, 0.3) is 10.9 Å². The molecule has 32 heavy (non-hydrogen) atoms. The van der Waals surface area contributed by atoms with Gasteiger partial charge < -0.3 is 24.3 Å². The Hall–Kier alpha value is -2.70. The average Bonchev–Trinajstić information content (AvgIpc) is 3.41. The van der Waals surface area contributed by atoms with E-state index in [1.165, 1.54) is 0 Å². The molecule has 174 valence electrons. The highest BCUT2D eigenvalue weighted by Gasteiger charge is 2.32. The van der Waals surface area contributed by atoms with Crippen molar-refractivity contribution in [1.82, 2.24) is 9.88 Å². The molecule has 1 saturated carbocycles. The molecule has 1 aromatic carbocycles. The number of ether oxygens (including phenoxy) is 2. The lowest BCUT2D eigenvalue weighted by atomic mass is 10.0. The average molecular weight is 442 g/mol. The van der Waals surface area contributed by atoms with E-state index in [1.54, 1.807) is 13.2 Å². The topological polar surface area (TPSA) is 72.8 Å². The van der Waals surface area contributed by atoms with Crippen LogP contribution in [0.15, 0.2) is 23.0 Å². The lowest BCUT2D eigenvalue weighted by molar-refractivity contribution is 0.0494. The number of benzene rings is 1. The maximum atomic E-state index is 12.8. The van der Waals surface area contributed by atoms with Crippen LogP contribution in [0.2, 0.25) is 0 Å². The van der Waals surface area contributed by atoms with Crippen molar-refractivity contribution in [2.45, 2.75) is 71.6 Å². The minimum atomic E-state index is -0.508. The number of amides is 1. The molecule has 2 atom stereocenters. The largest absolute Gasteiger partial charge is 0.496 e. The van der Waals surface area contributed by atoms with Crippen LogP contribution in [0.4, 0.5) is 10.5 Å². The fraction of sp³-hybridized carbons (Fsp3) is 0.600. The third kappa shape index (κ3) is 4.43. The second-order valence-electron chi connectivity index (χ2n) is 10.2. The number of nitrogens with one attached hydrogen (secondary N) is 1. The standard InChI is InChI=1S/C25H35N3O4/c1-15-20(27-12-11-17(14-27)16(2)26-24(30)32-25(3,4)5)10-9-19-21(31-6)13-22(29)28(23(15)19)18-7-8-18/h9-10,13,16-18H,7-8,11-12,14H2,1-6H3,(H,26,30)/t16-,17+/m0/s1. The molecule has 1 amide bonds. The van der Waals surface area contributed by atoms with Gasteiger partial charge in [-0.3, -0.25) is 4.79 Å². The first-order valence-corrected chi connectivity index (χ1v) is 11.6. The number of hydrogen-bond donors (Lipinski definition) is 1. The first kappa shape index (κ1) is 22.5. The van der Waals surface area contributed by atoms with Gasteiger partial charge in [0.2, 0.25) is 0 Å². The molecule has 0 spiro atoms. The first-order valence-electron chi connectivity index (χ1n) is 11.6. The van der Waals surface area contributed by atoms with Crippen LogP contribution >= 0.6 is 0 Å². The molecule has 1 N–H and O–H groups in total. The lowest BCUT2D eigenvalue weighted by Crippen LogP contribution is -2.42. The van der Waals surface area contributed by atoms with E-state index in [0.717, 1.165) is 54.5 Å². The number of aryl methyl sites for hydroxylation is 1. The van der Waals surface area contributed by atoms with Gasteiger partial charge in [-0.15, -0.1) is 0 Å². The van der Waals surface area contributed by atoms with E-state index < -0.39 is 5.60 Å². The quantitative estimate of drug-likeness (QED) is 0.745. The van der Waals surface area contributed by atoms with E-state index in [-0.39, 0.29) is 23.7 Å². The molecule has 0 bridgehead atoms. The van der Waals surface area contributed by atoms with Crippen LogP contribution in [0, 0.1) is 12.8 Å². The van der Waals surface area contributed by atoms with E-state index in [4.69, 9.17) is 9.47 Å². The summed E-state index contributed by atoms with van der Waals surface area (Å²) in [5.41, 5.74) is 2.74. The lowest BCUT2D eigenvalue weighted by Gasteiger charge is -2.26. The van der Waals surface area contributed by atoms with Gasteiger partial charge in [0.25, 0.3) is 5.56 Å². The van der Waals surface area contributed by atoms with Crippen molar-refractivity contribution in [2.24, 2.45) is 5.92 Å². The SMILES string of the molecule is COc1cc(=O)n(C2CC2)c2c(C)c(N3CC[C@@H]([C@H](C)NC(=O)OC(C)(C)C)C3)ccc12. The Bertz CT molecular complexity index is 1080. The van der Waals surface area contributed by atoms with Crippen molar-refractivity contribution in [3.8, 4) is 5.75 Å². The fourth-order valence-electron chi connectivity index (χ4n) is 4.80. The number of hydrogen-bond acceptors (Lipinski definition) is 5. The summed E-state index contributed by atoms with van der Waals surface area (Å²) in [7, 11) is 1.61. The molecule has 7 nitrogen and oxygen atoms in total. The van der Waals surface area contributed by atoms with Crippen LogP contribution in [0.3, 0.4) is 0 Å². The number of rotatable bonds is 5. The van der Waals surface area contributed by atoms with Crippen molar-refractivity contribution in [1.29, 1.82) is 0 Å². The van der Waals surface area contributed by atoms with Crippen molar-refractivity contribution < 1.29 is 14.3 Å². The molecule has 1 aliphatic carbocycles. The van der Waals surface area contributed by atoms with Crippen molar-refractivity contribution in [3.63, 3.8) is 0 Å². The summed E-state index contributed by atoms with van der Waals surface area (Å²) < 4.78 is 12.9. The highest BCUT2D eigenvalue weighted by molar-refractivity contribution is 5.92. The second kappa shape index (κ2) is 8.34. The Morgan fingerprint density at radius 1 is 1.22 bits per heavy atom.